The molecule has 1 aromatic heterocycles. The molecule has 1 aromatic carbocycles. The van der Waals surface area contributed by atoms with Gasteiger partial charge in [0, 0.05) is 24.6 Å². The summed E-state index contributed by atoms with van der Waals surface area (Å²) in [6, 6.07) is 7.95. The number of rotatable bonds is 2. The normalized spacial score (nSPS) is 21.1. The first-order valence-corrected chi connectivity index (χ1v) is 8.82. The predicted octanol–water partition coefficient (Wildman–Crippen LogP) is 2.00. The number of fused-ring (bicyclic) bond motifs is 1. The van der Waals surface area contributed by atoms with Crippen LogP contribution in [0.5, 0.6) is 5.75 Å². The van der Waals surface area contributed by atoms with Crippen molar-refractivity contribution in [2.45, 2.75) is 37.6 Å². The first-order chi connectivity index (χ1) is 12.3. The quantitative estimate of drug-likeness (QED) is 0.870. The number of nitrogens with one attached hydrogen (secondary N) is 2. The van der Waals surface area contributed by atoms with Crippen LogP contribution in [0.2, 0.25) is 0 Å². The van der Waals surface area contributed by atoms with Crippen LogP contribution in [0.3, 0.4) is 0 Å². The fourth-order valence-corrected chi connectivity index (χ4v) is 3.60. The van der Waals surface area contributed by atoms with Gasteiger partial charge >= 0.3 is 6.03 Å². The Labute approximate surface area is 145 Å². The zero-order valence-electron chi connectivity index (χ0n) is 14.0. The minimum atomic E-state index is -0.00624. The van der Waals surface area contributed by atoms with E-state index < -0.39 is 0 Å². The molecule has 0 bridgehead atoms. The van der Waals surface area contributed by atoms with Gasteiger partial charge in [0.2, 0.25) is 0 Å². The molecule has 4 rings (SSSR count). The summed E-state index contributed by atoms with van der Waals surface area (Å²) >= 11 is 0. The van der Waals surface area contributed by atoms with Crippen molar-refractivity contribution in [3.63, 3.8) is 0 Å². The first kappa shape index (κ1) is 15.9. The van der Waals surface area contributed by atoms with Crippen molar-refractivity contribution in [3.05, 3.63) is 35.7 Å². The van der Waals surface area contributed by atoms with Gasteiger partial charge in [0.1, 0.15) is 5.75 Å². The molecule has 1 unspecified atom stereocenters. The highest BCUT2D eigenvalue weighted by molar-refractivity contribution is 5.75. The van der Waals surface area contributed by atoms with E-state index in [9.17, 15) is 4.79 Å². The largest absolute Gasteiger partial charge is 0.493 e. The summed E-state index contributed by atoms with van der Waals surface area (Å²) in [6.45, 7) is 2.10. The number of carbonyl (C=O) groups excluding carboxylic acids is 1. The molecule has 2 aliphatic heterocycles. The molecule has 8 heteroatoms. The Morgan fingerprint density at radius 1 is 1.24 bits per heavy atom. The number of hydrogen-bond acceptors (Lipinski definition) is 5. The van der Waals surface area contributed by atoms with Gasteiger partial charge in [-0.3, -0.25) is 0 Å². The lowest BCUT2D eigenvalue weighted by molar-refractivity contribution is 0.176. The molecule has 8 nitrogen and oxygen atoms in total. The van der Waals surface area contributed by atoms with Gasteiger partial charge in [0.15, 0.2) is 5.82 Å². The third kappa shape index (κ3) is 3.42. The van der Waals surface area contributed by atoms with Crippen LogP contribution in [-0.4, -0.2) is 51.3 Å². The van der Waals surface area contributed by atoms with E-state index in [-0.39, 0.29) is 18.0 Å². The Morgan fingerprint density at radius 2 is 2.08 bits per heavy atom. The van der Waals surface area contributed by atoms with Crippen molar-refractivity contribution < 1.29 is 9.53 Å². The summed E-state index contributed by atoms with van der Waals surface area (Å²) in [7, 11) is 0. The molecular weight excluding hydrogens is 320 g/mol. The zero-order valence-corrected chi connectivity index (χ0v) is 14.0. The van der Waals surface area contributed by atoms with Gasteiger partial charge in [-0.25, -0.2) is 4.79 Å². The van der Waals surface area contributed by atoms with E-state index >= 15 is 0 Å². The summed E-state index contributed by atoms with van der Waals surface area (Å²) in [4.78, 5) is 14.6. The van der Waals surface area contributed by atoms with E-state index in [0.717, 1.165) is 42.8 Å². The number of likely N-dealkylation sites (tertiary alicyclic amines) is 1. The van der Waals surface area contributed by atoms with Crippen molar-refractivity contribution in [2.24, 2.45) is 0 Å². The second-order valence-corrected chi connectivity index (χ2v) is 6.56. The van der Waals surface area contributed by atoms with Gasteiger partial charge in [-0.15, -0.1) is 10.2 Å². The van der Waals surface area contributed by atoms with Crippen LogP contribution >= 0.6 is 0 Å². The number of amides is 2. The summed E-state index contributed by atoms with van der Waals surface area (Å²) in [6.07, 6.45) is 3.54. The molecule has 0 saturated carbocycles. The van der Waals surface area contributed by atoms with Crippen molar-refractivity contribution >= 4 is 6.03 Å². The van der Waals surface area contributed by atoms with E-state index in [2.05, 4.69) is 25.9 Å². The Balaban J connectivity index is 1.38. The second kappa shape index (κ2) is 7.08. The molecule has 2 N–H and O–H groups in total. The van der Waals surface area contributed by atoms with Gasteiger partial charge in [0.05, 0.1) is 12.6 Å². The number of nitrogens with zero attached hydrogens (tertiary/aromatic N) is 4. The Kier molecular flexibility index (Phi) is 4.49. The number of benzene rings is 1. The highest BCUT2D eigenvalue weighted by Crippen LogP contribution is 2.31. The molecule has 3 heterocycles. The molecule has 1 fully saturated rings. The maximum atomic E-state index is 12.7. The molecule has 1 atom stereocenters. The summed E-state index contributed by atoms with van der Waals surface area (Å²) in [5.74, 6) is 1.89. The van der Waals surface area contributed by atoms with Crippen molar-refractivity contribution in [3.8, 4) is 5.75 Å². The Morgan fingerprint density at radius 3 is 2.88 bits per heavy atom. The standard InChI is InChI=1S/C17H22N6O2/c24-17(23-9-7-12(8-10-23)16-19-21-22-20-16)18-14-5-3-11-25-15-6-2-1-4-13(14)15/h1-2,4,6,12,14H,3,5,7-11H2,(H,18,24)(H,19,20,21,22). The number of piperidine rings is 1. The molecular formula is C17H22N6O2. The maximum Gasteiger partial charge on any atom is 0.317 e. The van der Waals surface area contributed by atoms with E-state index in [1.807, 2.05) is 29.2 Å². The average molecular weight is 342 g/mol. The fraction of sp³-hybridized carbons (Fsp3) is 0.529. The minimum Gasteiger partial charge on any atom is -0.493 e. The topological polar surface area (TPSA) is 96.0 Å². The molecule has 2 aliphatic rings. The van der Waals surface area contributed by atoms with Gasteiger partial charge in [0.25, 0.3) is 0 Å². The van der Waals surface area contributed by atoms with Gasteiger partial charge < -0.3 is 15.0 Å². The van der Waals surface area contributed by atoms with E-state index in [1.54, 1.807) is 0 Å². The highest BCUT2D eigenvalue weighted by Gasteiger charge is 2.28. The minimum absolute atomic E-state index is 0.00105. The monoisotopic (exact) mass is 342 g/mol. The number of H-pyrrole nitrogens is 1. The molecule has 0 radical (unpaired) electrons. The van der Waals surface area contributed by atoms with Gasteiger partial charge in [-0.05, 0) is 31.7 Å². The molecule has 2 aromatic rings. The van der Waals surface area contributed by atoms with Crippen molar-refractivity contribution in [1.82, 2.24) is 30.8 Å². The number of hydrogen-bond donors (Lipinski definition) is 2. The van der Waals surface area contributed by atoms with Crippen LogP contribution < -0.4 is 10.1 Å². The number of aromatic amines is 1. The zero-order chi connectivity index (χ0) is 17.1. The number of aromatic nitrogens is 4. The van der Waals surface area contributed by atoms with E-state index in [1.165, 1.54) is 0 Å². The number of carbonyl (C=O) groups is 1. The van der Waals surface area contributed by atoms with Crippen LogP contribution in [0.15, 0.2) is 24.3 Å². The molecule has 132 valence electrons. The molecule has 0 spiro atoms. The Bertz CT molecular complexity index is 712. The number of tetrazole rings is 1. The number of urea groups is 1. The number of para-hydroxylation sites is 1. The van der Waals surface area contributed by atoms with Gasteiger partial charge in [-0.2, -0.15) is 5.21 Å². The van der Waals surface area contributed by atoms with Crippen LogP contribution in [0.25, 0.3) is 0 Å². The lowest BCUT2D eigenvalue weighted by atomic mass is 9.96. The van der Waals surface area contributed by atoms with Crippen molar-refractivity contribution in [1.29, 1.82) is 0 Å². The lowest BCUT2D eigenvalue weighted by Crippen LogP contribution is -2.45. The maximum absolute atomic E-state index is 12.7. The third-order valence-corrected chi connectivity index (χ3v) is 5.00. The highest BCUT2D eigenvalue weighted by atomic mass is 16.5. The molecule has 0 aliphatic carbocycles. The van der Waals surface area contributed by atoms with Crippen LogP contribution in [0.1, 0.15) is 49.0 Å². The smallest absolute Gasteiger partial charge is 0.317 e. The predicted molar refractivity (Wildman–Crippen MR) is 90.2 cm³/mol. The molecule has 25 heavy (non-hydrogen) atoms. The first-order valence-electron chi connectivity index (χ1n) is 8.82. The summed E-state index contributed by atoms with van der Waals surface area (Å²) < 4.78 is 5.77. The molecule has 2 amide bonds. The third-order valence-electron chi connectivity index (χ3n) is 5.00. The van der Waals surface area contributed by atoms with E-state index in [0.29, 0.717) is 19.7 Å². The van der Waals surface area contributed by atoms with E-state index in [4.69, 9.17) is 4.74 Å². The fourth-order valence-electron chi connectivity index (χ4n) is 3.60. The number of ether oxygens (including phenoxy) is 1. The average Bonchev–Trinajstić information content (AvgIpc) is 3.12. The SMILES string of the molecule is O=C(NC1CCCOc2ccccc21)N1CCC(c2nn[nH]n2)CC1. The van der Waals surface area contributed by atoms with Crippen LogP contribution in [0, 0.1) is 0 Å². The summed E-state index contributed by atoms with van der Waals surface area (Å²) in [5, 5.41) is 17.4. The van der Waals surface area contributed by atoms with Crippen molar-refractivity contribution in [2.75, 3.05) is 19.7 Å². The van der Waals surface area contributed by atoms with Gasteiger partial charge in [-0.1, -0.05) is 23.4 Å². The lowest BCUT2D eigenvalue weighted by Gasteiger charge is -2.32. The van der Waals surface area contributed by atoms with Crippen LogP contribution in [0.4, 0.5) is 4.79 Å². The Hall–Kier alpha value is -2.64. The van der Waals surface area contributed by atoms with Crippen LogP contribution in [-0.2, 0) is 0 Å². The molecule has 1 saturated heterocycles. The second-order valence-electron chi connectivity index (χ2n) is 6.56. The summed E-state index contributed by atoms with van der Waals surface area (Å²) in [5.41, 5.74) is 1.06.